The quantitative estimate of drug-likeness (QED) is 0.676. The van der Waals surface area contributed by atoms with Gasteiger partial charge in [0.1, 0.15) is 5.01 Å². The summed E-state index contributed by atoms with van der Waals surface area (Å²) < 4.78 is 0. The van der Waals surface area contributed by atoms with Crippen molar-refractivity contribution in [2.75, 3.05) is 0 Å². The van der Waals surface area contributed by atoms with Crippen molar-refractivity contribution in [2.24, 2.45) is 0 Å². The summed E-state index contributed by atoms with van der Waals surface area (Å²) in [6.45, 7) is 0. The number of hydrogen-bond acceptors (Lipinski definition) is 3. The monoisotopic (exact) mass is 182 g/mol. The van der Waals surface area contributed by atoms with E-state index in [9.17, 15) is 0 Å². The van der Waals surface area contributed by atoms with Crippen LogP contribution >= 0.6 is 11.3 Å². The van der Waals surface area contributed by atoms with Gasteiger partial charge in [0.2, 0.25) is 0 Å². The number of pyridine rings is 1. The van der Waals surface area contributed by atoms with Gasteiger partial charge >= 0.3 is 0 Å². The molecule has 0 saturated heterocycles. The zero-order valence-corrected chi connectivity index (χ0v) is 6.99. The van der Waals surface area contributed by atoms with Gasteiger partial charge in [0.15, 0.2) is 0 Å². The first kappa shape index (κ1) is 8.80. The molecule has 0 amide bonds. The Hall–Kier alpha value is -1.29. The second-order valence-corrected chi connectivity index (χ2v) is 2.95. The van der Waals surface area contributed by atoms with E-state index in [1.165, 1.54) is 0 Å². The van der Waals surface area contributed by atoms with Crippen LogP contribution in [0.1, 0.15) is 0 Å². The van der Waals surface area contributed by atoms with Crippen molar-refractivity contribution < 1.29 is 4.70 Å². The summed E-state index contributed by atoms with van der Waals surface area (Å²) in [6.07, 6.45) is 3.56. The van der Waals surface area contributed by atoms with Crippen LogP contribution in [0.5, 0.6) is 0 Å². The van der Waals surface area contributed by atoms with Gasteiger partial charge < -0.3 is 0 Å². The molecule has 0 atom stereocenters. The Labute approximate surface area is 73.3 Å². The molecule has 2 rings (SSSR count). The molecular weight excluding hydrogens is 175 g/mol. The minimum absolute atomic E-state index is 0. The third-order valence-electron chi connectivity index (χ3n) is 1.32. The molecule has 62 valence electrons. The fourth-order valence-corrected chi connectivity index (χ4v) is 1.45. The summed E-state index contributed by atoms with van der Waals surface area (Å²) in [6, 6.07) is 5.82. The molecule has 0 radical (unpaired) electrons. The molecule has 0 fully saturated rings. The van der Waals surface area contributed by atoms with Gasteiger partial charge in [-0.25, -0.2) is 4.98 Å². The van der Waals surface area contributed by atoms with E-state index in [0.717, 1.165) is 10.7 Å². The van der Waals surface area contributed by atoms with E-state index in [2.05, 4.69) is 9.97 Å². The summed E-state index contributed by atoms with van der Waals surface area (Å²) in [5.74, 6) is 0. The summed E-state index contributed by atoms with van der Waals surface area (Å²) in [5.41, 5.74) is 0.947. The Morgan fingerprint density at radius 3 is 2.58 bits per heavy atom. The van der Waals surface area contributed by atoms with Gasteiger partial charge in [0.25, 0.3) is 0 Å². The summed E-state index contributed by atoms with van der Waals surface area (Å²) in [5, 5.41) is 2.93. The van der Waals surface area contributed by atoms with Crippen LogP contribution in [0.4, 0.5) is 4.70 Å². The molecule has 4 heteroatoms. The van der Waals surface area contributed by atoms with Crippen molar-refractivity contribution in [3.05, 3.63) is 36.0 Å². The highest BCUT2D eigenvalue weighted by atomic mass is 32.1. The van der Waals surface area contributed by atoms with Gasteiger partial charge in [-0.2, -0.15) is 0 Å². The van der Waals surface area contributed by atoms with Gasteiger partial charge in [0, 0.05) is 17.8 Å². The second-order valence-electron chi connectivity index (χ2n) is 2.05. The number of rotatable bonds is 1. The lowest BCUT2D eigenvalue weighted by atomic mass is 10.4. The Kier molecular flexibility index (Phi) is 2.88. The van der Waals surface area contributed by atoms with Crippen LogP contribution < -0.4 is 0 Å². The molecule has 2 heterocycles. The molecule has 12 heavy (non-hydrogen) atoms. The lowest BCUT2D eigenvalue weighted by Gasteiger charge is -1.90. The number of halogens is 1. The maximum Gasteiger partial charge on any atom is 0.141 e. The van der Waals surface area contributed by atoms with E-state index in [0.29, 0.717) is 0 Å². The molecule has 2 aromatic rings. The smallest absolute Gasteiger partial charge is 0.141 e. The first-order valence-corrected chi connectivity index (χ1v) is 4.16. The van der Waals surface area contributed by atoms with Crippen molar-refractivity contribution in [1.82, 2.24) is 9.97 Å². The highest BCUT2D eigenvalue weighted by Gasteiger charge is 1.97. The number of nitrogens with zero attached hydrogens (tertiary/aromatic N) is 2. The SMILES string of the molecule is F.c1ccc(-c2nccs2)nc1. The molecule has 2 aromatic heterocycles. The molecule has 0 unspecified atom stereocenters. The topological polar surface area (TPSA) is 25.8 Å². The van der Waals surface area contributed by atoms with Crippen LogP contribution in [0.3, 0.4) is 0 Å². The summed E-state index contributed by atoms with van der Waals surface area (Å²) >= 11 is 1.60. The Morgan fingerprint density at radius 2 is 2.00 bits per heavy atom. The highest BCUT2D eigenvalue weighted by Crippen LogP contribution is 2.17. The average molecular weight is 182 g/mol. The lowest BCUT2D eigenvalue weighted by Crippen LogP contribution is -1.78. The molecular formula is C8H7FN2S. The van der Waals surface area contributed by atoms with E-state index < -0.39 is 0 Å². The Balaban J connectivity index is 0.000000720. The van der Waals surface area contributed by atoms with Crippen molar-refractivity contribution >= 4 is 11.3 Å². The molecule has 0 aliphatic heterocycles. The maximum atomic E-state index is 4.17. The van der Waals surface area contributed by atoms with Crippen molar-refractivity contribution in [3.63, 3.8) is 0 Å². The van der Waals surface area contributed by atoms with Gasteiger partial charge in [-0.15, -0.1) is 11.3 Å². The van der Waals surface area contributed by atoms with Crippen LogP contribution in [0, 0.1) is 0 Å². The van der Waals surface area contributed by atoms with Crippen LogP contribution in [-0.2, 0) is 0 Å². The van der Waals surface area contributed by atoms with Crippen LogP contribution in [0.25, 0.3) is 10.7 Å². The van der Waals surface area contributed by atoms with E-state index in [4.69, 9.17) is 0 Å². The first-order valence-electron chi connectivity index (χ1n) is 3.28. The standard InChI is InChI=1S/C8H6N2S.FH/c1-2-4-9-7(3-1)8-10-5-6-11-8;/h1-6H;1H. The predicted octanol–water partition coefficient (Wildman–Crippen LogP) is 2.36. The largest absolute Gasteiger partial charge is 0.269 e. The zero-order chi connectivity index (χ0) is 7.52. The normalized spacial score (nSPS) is 9.00. The van der Waals surface area contributed by atoms with E-state index in [1.807, 2.05) is 23.6 Å². The fourth-order valence-electron chi connectivity index (χ4n) is 0.839. The average Bonchev–Trinajstić information content (AvgIpc) is 2.58. The number of thiazole rings is 1. The number of aromatic nitrogens is 2. The van der Waals surface area contributed by atoms with Crippen LogP contribution in [0.2, 0.25) is 0 Å². The van der Waals surface area contributed by atoms with Crippen molar-refractivity contribution in [2.45, 2.75) is 0 Å². The Bertz CT molecular complexity index is 320. The molecule has 2 nitrogen and oxygen atoms in total. The maximum absolute atomic E-state index is 4.17. The number of hydrogen-bond donors (Lipinski definition) is 0. The fraction of sp³-hybridized carbons (Fsp3) is 0. The van der Waals surface area contributed by atoms with Crippen molar-refractivity contribution in [1.29, 1.82) is 0 Å². The minimum Gasteiger partial charge on any atom is -0.269 e. The van der Waals surface area contributed by atoms with E-state index >= 15 is 0 Å². The van der Waals surface area contributed by atoms with Crippen LogP contribution in [-0.4, -0.2) is 9.97 Å². The minimum atomic E-state index is 0. The molecule has 0 aliphatic rings. The van der Waals surface area contributed by atoms with Gasteiger partial charge in [-0.3, -0.25) is 9.69 Å². The predicted molar refractivity (Wildman–Crippen MR) is 47.8 cm³/mol. The van der Waals surface area contributed by atoms with Gasteiger partial charge in [0.05, 0.1) is 5.69 Å². The van der Waals surface area contributed by atoms with Crippen molar-refractivity contribution in [3.8, 4) is 10.7 Å². The molecule has 0 aromatic carbocycles. The molecule has 0 spiro atoms. The Morgan fingerprint density at radius 1 is 1.08 bits per heavy atom. The third-order valence-corrected chi connectivity index (χ3v) is 2.11. The first-order chi connectivity index (χ1) is 5.47. The molecule has 0 aliphatic carbocycles. The molecule has 0 bridgehead atoms. The lowest BCUT2D eigenvalue weighted by molar-refractivity contribution is 1.11. The summed E-state index contributed by atoms with van der Waals surface area (Å²) in [7, 11) is 0. The summed E-state index contributed by atoms with van der Waals surface area (Å²) in [4.78, 5) is 8.31. The van der Waals surface area contributed by atoms with Gasteiger partial charge in [-0.05, 0) is 12.1 Å². The van der Waals surface area contributed by atoms with Crippen LogP contribution in [0.15, 0.2) is 36.0 Å². The third kappa shape index (κ3) is 1.65. The van der Waals surface area contributed by atoms with E-state index in [1.54, 1.807) is 23.7 Å². The molecule has 0 saturated carbocycles. The molecule has 0 N–H and O–H groups in total. The van der Waals surface area contributed by atoms with E-state index in [-0.39, 0.29) is 4.70 Å². The van der Waals surface area contributed by atoms with Gasteiger partial charge in [-0.1, -0.05) is 6.07 Å². The highest BCUT2D eigenvalue weighted by molar-refractivity contribution is 7.13. The zero-order valence-electron chi connectivity index (χ0n) is 6.18. The second kappa shape index (κ2) is 3.92.